The Hall–Kier alpha value is -4.30. The Bertz CT molecular complexity index is 1130. The van der Waals surface area contributed by atoms with Crippen LogP contribution >= 0.6 is 0 Å². The van der Waals surface area contributed by atoms with Crippen molar-refractivity contribution in [2.75, 3.05) is 20.1 Å². The summed E-state index contributed by atoms with van der Waals surface area (Å²) in [6.07, 6.45) is -3.60. The predicted octanol–water partition coefficient (Wildman–Crippen LogP) is 2.20. The number of nitrogens with zero attached hydrogens (tertiary/aromatic N) is 4. The van der Waals surface area contributed by atoms with Crippen molar-refractivity contribution < 1.29 is 39.1 Å². The Balaban J connectivity index is 1.51. The maximum Gasteiger partial charge on any atom is 0.410 e. The van der Waals surface area contributed by atoms with Crippen molar-refractivity contribution in [3.05, 3.63) is 79.9 Å². The third kappa shape index (κ3) is 7.35. The molecule has 14 nitrogen and oxygen atoms in total. The number of benzene rings is 2. The first-order valence-electron chi connectivity index (χ1n) is 11.2. The van der Waals surface area contributed by atoms with Gasteiger partial charge < -0.3 is 24.6 Å². The molecule has 1 aliphatic heterocycles. The first-order chi connectivity index (χ1) is 17.5. The lowest BCUT2D eigenvalue weighted by Gasteiger charge is -2.30. The van der Waals surface area contributed by atoms with Gasteiger partial charge in [-0.15, -0.1) is 0 Å². The Labute approximate surface area is 210 Å². The van der Waals surface area contributed by atoms with Crippen molar-refractivity contribution >= 4 is 23.6 Å². The van der Waals surface area contributed by atoms with E-state index in [0.717, 1.165) is 4.90 Å². The average molecular weight is 518 g/mol. The molecule has 2 aromatic carbocycles. The van der Waals surface area contributed by atoms with Gasteiger partial charge in [0.15, 0.2) is 0 Å². The number of aliphatic hydroxyl groups excluding tert-OH is 2. The highest BCUT2D eigenvalue weighted by Crippen LogP contribution is 2.23. The number of likely N-dealkylation sites (N-methyl/N-ethyl adjacent to an activating group) is 1. The van der Waals surface area contributed by atoms with Crippen LogP contribution in [-0.2, 0) is 22.7 Å². The highest BCUT2D eigenvalue weighted by molar-refractivity contribution is 5.69. The number of amides is 2. The van der Waals surface area contributed by atoms with Gasteiger partial charge in [0.25, 0.3) is 11.4 Å². The molecule has 0 aromatic heterocycles. The molecule has 1 aliphatic rings. The third-order valence-electron chi connectivity index (χ3n) is 5.79. The largest absolute Gasteiger partial charge is 0.445 e. The molecule has 1 saturated heterocycles. The van der Waals surface area contributed by atoms with Crippen LogP contribution in [0, 0.1) is 20.2 Å². The topological polar surface area (TPSA) is 186 Å². The highest BCUT2D eigenvalue weighted by Gasteiger charge is 2.40. The summed E-state index contributed by atoms with van der Waals surface area (Å²) in [6.45, 7) is -0.584. The number of hydrogen-bond acceptors (Lipinski definition) is 10. The smallest absolute Gasteiger partial charge is 0.410 e. The van der Waals surface area contributed by atoms with Crippen molar-refractivity contribution in [3.63, 3.8) is 0 Å². The summed E-state index contributed by atoms with van der Waals surface area (Å²) in [5.41, 5.74) is 0.862. The van der Waals surface area contributed by atoms with Gasteiger partial charge in [-0.2, -0.15) is 0 Å². The number of aliphatic hydroxyl groups is 2. The molecule has 198 valence electrons. The van der Waals surface area contributed by atoms with Crippen LogP contribution < -0.4 is 0 Å². The molecular formula is C23H26N4O10. The number of likely N-dealkylation sites (tertiary alicyclic amines) is 1. The van der Waals surface area contributed by atoms with Crippen LogP contribution in [0.5, 0.6) is 0 Å². The van der Waals surface area contributed by atoms with Crippen molar-refractivity contribution in [1.82, 2.24) is 9.80 Å². The number of carbonyl (C=O) groups excluding carboxylic acids is 2. The fourth-order valence-electron chi connectivity index (χ4n) is 3.81. The average Bonchev–Trinajstić information content (AvgIpc) is 3.28. The van der Waals surface area contributed by atoms with E-state index in [-0.39, 0.29) is 44.1 Å². The number of ether oxygens (including phenoxy) is 2. The lowest BCUT2D eigenvalue weighted by molar-refractivity contribution is -0.385. The molecule has 0 bridgehead atoms. The second kappa shape index (κ2) is 12.1. The maximum atomic E-state index is 12.6. The van der Waals surface area contributed by atoms with E-state index < -0.39 is 40.3 Å². The second-order valence-electron chi connectivity index (χ2n) is 8.51. The summed E-state index contributed by atoms with van der Waals surface area (Å²) in [6, 6.07) is 10.1. The minimum atomic E-state index is -1.22. The summed E-state index contributed by atoms with van der Waals surface area (Å²) in [5.74, 6) is 0. The van der Waals surface area contributed by atoms with E-state index in [1.807, 2.05) is 0 Å². The second-order valence-corrected chi connectivity index (χ2v) is 8.51. The van der Waals surface area contributed by atoms with Crippen molar-refractivity contribution in [3.8, 4) is 0 Å². The standard InChI is InChI=1S/C23H26N4O10/c1-24(22(30)36-13-15-2-6-17(7-3-15)26(32)33)12-21(29)20-10-19(28)11-25(20)23(31)37-14-16-4-8-18(9-5-16)27(34)35/h2-9,19-21,28-29H,10-14H2,1H3/t19-,20+,21+/m1/s1. The Morgan fingerprint density at radius 3 is 1.97 bits per heavy atom. The van der Waals surface area contributed by atoms with Crippen LogP contribution in [0.25, 0.3) is 0 Å². The van der Waals surface area contributed by atoms with E-state index in [1.165, 1.54) is 60.5 Å². The minimum Gasteiger partial charge on any atom is -0.445 e. The van der Waals surface area contributed by atoms with Gasteiger partial charge in [-0.3, -0.25) is 25.1 Å². The van der Waals surface area contributed by atoms with Gasteiger partial charge >= 0.3 is 12.2 Å². The number of carbonyl (C=O) groups is 2. The minimum absolute atomic E-state index is 0.0689. The number of nitro groups is 2. The molecule has 3 atom stereocenters. The van der Waals surface area contributed by atoms with E-state index in [2.05, 4.69) is 0 Å². The fraction of sp³-hybridized carbons (Fsp3) is 0.391. The lowest BCUT2D eigenvalue weighted by Crippen LogP contribution is -2.48. The Morgan fingerprint density at radius 2 is 1.49 bits per heavy atom. The molecule has 1 heterocycles. The van der Waals surface area contributed by atoms with Gasteiger partial charge in [0.05, 0.1) is 41.2 Å². The van der Waals surface area contributed by atoms with Crippen molar-refractivity contribution in [2.24, 2.45) is 0 Å². The summed E-state index contributed by atoms with van der Waals surface area (Å²) < 4.78 is 10.4. The Morgan fingerprint density at radius 1 is 1.00 bits per heavy atom. The van der Waals surface area contributed by atoms with Gasteiger partial charge in [0.2, 0.25) is 0 Å². The normalized spacial score (nSPS) is 17.6. The van der Waals surface area contributed by atoms with Crippen LogP contribution in [0.2, 0.25) is 0 Å². The van der Waals surface area contributed by atoms with Crippen LogP contribution in [0.4, 0.5) is 21.0 Å². The zero-order chi connectivity index (χ0) is 27.1. The van der Waals surface area contributed by atoms with Crippen molar-refractivity contribution in [2.45, 2.75) is 37.9 Å². The van der Waals surface area contributed by atoms with E-state index in [0.29, 0.717) is 11.1 Å². The molecule has 0 spiro atoms. The maximum absolute atomic E-state index is 12.6. The highest BCUT2D eigenvalue weighted by atomic mass is 16.6. The Kier molecular flexibility index (Phi) is 8.92. The van der Waals surface area contributed by atoms with Gasteiger partial charge in [-0.1, -0.05) is 0 Å². The molecule has 0 unspecified atom stereocenters. The van der Waals surface area contributed by atoms with Crippen LogP contribution in [0.15, 0.2) is 48.5 Å². The summed E-state index contributed by atoms with van der Waals surface area (Å²) >= 11 is 0. The third-order valence-corrected chi connectivity index (χ3v) is 5.79. The number of β-amino-alcohol motifs (C(OH)–C–C–N with tert-alkyl or cyclic N) is 1. The lowest BCUT2D eigenvalue weighted by atomic mass is 10.1. The number of rotatable bonds is 9. The van der Waals surface area contributed by atoms with E-state index >= 15 is 0 Å². The molecule has 1 fully saturated rings. The molecule has 3 rings (SSSR count). The number of nitro benzene ring substituents is 2. The van der Waals surface area contributed by atoms with Crippen LogP contribution in [0.3, 0.4) is 0 Å². The molecule has 2 N–H and O–H groups in total. The summed E-state index contributed by atoms with van der Waals surface area (Å²) in [7, 11) is 1.39. The SMILES string of the molecule is CN(C[C@H](O)[C@@H]1C[C@@H](O)CN1C(=O)OCc1ccc([N+](=O)[O-])cc1)C(=O)OCc1ccc([N+](=O)[O-])cc1. The van der Waals surface area contributed by atoms with E-state index in [9.17, 15) is 40.0 Å². The summed E-state index contributed by atoms with van der Waals surface area (Å²) in [5, 5.41) is 42.2. The van der Waals surface area contributed by atoms with E-state index in [1.54, 1.807) is 0 Å². The monoisotopic (exact) mass is 518 g/mol. The zero-order valence-corrected chi connectivity index (χ0v) is 19.8. The zero-order valence-electron chi connectivity index (χ0n) is 19.8. The molecule has 2 aromatic rings. The van der Waals surface area contributed by atoms with Crippen LogP contribution in [0.1, 0.15) is 17.5 Å². The van der Waals surface area contributed by atoms with Gasteiger partial charge in [0, 0.05) is 31.3 Å². The van der Waals surface area contributed by atoms with Gasteiger partial charge in [0.1, 0.15) is 13.2 Å². The molecule has 37 heavy (non-hydrogen) atoms. The number of hydrogen-bond donors (Lipinski definition) is 2. The molecule has 0 saturated carbocycles. The first-order valence-corrected chi connectivity index (χ1v) is 11.2. The summed E-state index contributed by atoms with van der Waals surface area (Å²) in [4.78, 5) is 47.6. The van der Waals surface area contributed by atoms with Gasteiger partial charge in [-0.05, 0) is 41.8 Å². The number of non-ortho nitro benzene ring substituents is 2. The van der Waals surface area contributed by atoms with Crippen LogP contribution in [-0.4, -0.2) is 80.4 Å². The predicted molar refractivity (Wildman–Crippen MR) is 126 cm³/mol. The first kappa shape index (κ1) is 27.3. The quantitative estimate of drug-likeness (QED) is 0.368. The molecule has 0 aliphatic carbocycles. The molecule has 2 amide bonds. The fourth-order valence-corrected chi connectivity index (χ4v) is 3.81. The van der Waals surface area contributed by atoms with Crippen molar-refractivity contribution in [1.29, 1.82) is 0 Å². The van der Waals surface area contributed by atoms with E-state index in [4.69, 9.17) is 9.47 Å². The molecule has 0 radical (unpaired) electrons. The molecular weight excluding hydrogens is 492 g/mol. The molecule has 14 heteroatoms. The van der Waals surface area contributed by atoms with Gasteiger partial charge in [-0.25, -0.2) is 9.59 Å².